The molecule has 0 saturated carbocycles. The molecule has 2 N–H and O–H groups in total. The molecule has 4 aromatic carbocycles. The normalized spacial score (nSPS) is 15.4. The van der Waals surface area contributed by atoms with E-state index in [4.69, 9.17) is 10.1 Å². The highest BCUT2D eigenvalue weighted by Gasteiger charge is 2.34. The molecule has 8 heterocycles. The Morgan fingerprint density at radius 3 is 1.59 bits per heavy atom. The maximum absolute atomic E-state index is 13.9. The topological polar surface area (TPSA) is 140 Å². The van der Waals surface area contributed by atoms with Gasteiger partial charge in [-0.05, 0) is 44.4 Å². The molecule has 6 aromatic heterocycles. The molecule has 0 aliphatic carbocycles. The fraction of sp³-hybridized carbons (Fsp3) is 0.192. The SMILES string of the molecule is Cl.O=C(O)c1c(-c2ccccc2)nc2sccn12.O=C(c1c(-c2ccccc2)nc2sccn12)N1CCC[C@H]1Cn1ccc(-c2ccccc2)n1.[2HH].c1ccc(-c2ccn(C[C@@H]3CCCN3)n2)cc1. The average molecular weight is 965 g/mol. The molecule has 2 atom stereocenters. The number of nitrogens with zero attached hydrogens (tertiary/aromatic N) is 9. The summed E-state index contributed by atoms with van der Waals surface area (Å²) < 4.78 is 7.56. The van der Waals surface area contributed by atoms with Crippen molar-refractivity contribution in [2.45, 2.75) is 50.9 Å². The number of rotatable bonds is 10. The van der Waals surface area contributed by atoms with E-state index in [2.05, 4.69) is 51.9 Å². The number of hydrogen-bond acceptors (Lipinski definition) is 9. The summed E-state index contributed by atoms with van der Waals surface area (Å²) in [7, 11) is 0. The molecule has 1 amide bonds. The van der Waals surface area contributed by atoms with Crippen LogP contribution in [0.3, 0.4) is 0 Å². The summed E-state index contributed by atoms with van der Waals surface area (Å²) in [6.07, 6.45) is 12.3. The van der Waals surface area contributed by atoms with Crippen LogP contribution in [0.2, 0.25) is 0 Å². The summed E-state index contributed by atoms with van der Waals surface area (Å²) in [6.45, 7) is 3.57. The second-order valence-electron chi connectivity index (χ2n) is 16.4. The van der Waals surface area contributed by atoms with Crippen LogP contribution < -0.4 is 5.32 Å². The fourth-order valence-electron chi connectivity index (χ4n) is 8.81. The van der Waals surface area contributed by atoms with Crippen LogP contribution in [0.5, 0.6) is 0 Å². The smallest absolute Gasteiger partial charge is 0.355 e. The lowest BCUT2D eigenvalue weighted by atomic mass is 10.1. The molecule has 0 unspecified atom stereocenters. The van der Waals surface area contributed by atoms with E-state index in [9.17, 15) is 14.7 Å². The van der Waals surface area contributed by atoms with Crippen molar-refractivity contribution in [2.75, 3.05) is 13.1 Å². The molecule has 68 heavy (non-hydrogen) atoms. The van der Waals surface area contributed by atoms with Gasteiger partial charge in [0.15, 0.2) is 15.6 Å². The molecule has 16 heteroatoms. The van der Waals surface area contributed by atoms with Crippen LogP contribution in [-0.4, -0.2) is 85.4 Å². The average Bonchev–Trinajstić information content (AvgIpc) is 4.22. The van der Waals surface area contributed by atoms with Gasteiger partial charge in [0.25, 0.3) is 5.91 Å². The van der Waals surface area contributed by atoms with Crippen molar-refractivity contribution in [3.05, 3.63) is 180 Å². The predicted octanol–water partition coefficient (Wildman–Crippen LogP) is 11.0. The molecule has 0 bridgehead atoms. The Labute approximate surface area is 408 Å². The van der Waals surface area contributed by atoms with Gasteiger partial charge in [-0.15, -0.1) is 35.1 Å². The third-order valence-corrected chi connectivity index (χ3v) is 13.6. The van der Waals surface area contributed by atoms with Crippen molar-refractivity contribution < 1.29 is 16.1 Å². The largest absolute Gasteiger partial charge is 0.476 e. The van der Waals surface area contributed by atoms with Crippen LogP contribution >= 0.6 is 35.1 Å². The zero-order chi connectivity index (χ0) is 45.5. The molecular formula is C52H51ClN10O3S2. The van der Waals surface area contributed by atoms with Crippen LogP contribution in [0.15, 0.2) is 169 Å². The number of thiazole rings is 2. The van der Waals surface area contributed by atoms with Crippen LogP contribution in [0.1, 0.15) is 48.1 Å². The first-order valence-electron chi connectivity index (χ1n) is 22.4. The third-order valence-electron chi connectivity index (χ3n) is 12.0. The molecule has 2 aliphatic rings. The summed E-state index contributed by atoms with van der Waals surface area (Å²) >= 11 is 2.97. The number of carbonyl (C=O) groups excluding carboxylic acids is 1. The van der Waals surface area contributed by atoms with Crippen molar-refractivity contribution in [3.63, 3.8) is 0 Å². The van der Waals surface area contributed by atoms with E-state index in [1.165, 1.54) is 29.7 Å². The summed E-state index contributed by atoms with van der Waals surface area (Å²) in [5.74, 6) is -0.924. The number of fused-ring (bicyclic) bond motifs is 2. The number of imidazole rings is 2. The number of carbonyl (C=O) groups is 2. The minimum atomic E-state index is -0.963. The highest BCUT2D eigenvalue weighted by molar-refractivity contribution is 7.15. The van der Waals surface area contributed by atoms with Gasteiger partial charge < -0.3 is 15.3 Å². The van der Waals surface area contributed by atoms with E-state index in [0.717, 1.165) is 71.2 Å². The first-order chi connectivity index (χ1) is 33.0. The summed E-state index contributed by atoms with van der Waals surface area (Å²) in [5, 5.41) is 26.0. The second-order valence-corrected chi connectivity index (χ2v) is 18.2. The molecular weight excluding hydrogens is 912 g/mol. The third kappa shape index (κ3) is 10.1. The standard InChI is InChI=1S/C26H23N5OS.C14H17N3.C12H8N2O2S.ClH.H2/c32-25(24-23(20-10-5-2-6-11-20)27-26-31(24)16-17-33-26)30-14-7-12-21(30)18-29-15-13-22(28-29)19-8-3-1-4-9-19;1-2-5-12(6-3-1)14-8-10-17(16-14)11-13-7-4-9-15-13;15-11(16)10-9(8-4-2-1-3-5-8)13-12-14(10)6-7-17-12;;/h1-6,8-11,13,15-17,21H,7,12,14,18H2;1-3,5-6,8,10,13,15H,4,7,9,11H2;1-7H,(H,15,16);2*1H/t21-;13-;;;/m00.../s1/i;;;;1+1. The van der Waals surface area contributed by atoms with Gasteiger partial charge in [-0.3, -0.25) is 23.0 Å². The second kappa shape index (κ2) is 21.2. The lowest BCUT2D eigenvalue weighted by Crippen LogP contribution is -2.39. The van der Waals surface area contributed by atoms with Crippen molar-refractivity contribution >= 4 is 56.9 Å². The maximum Gasteiger partial charge on any atom is 0.355 e. The van der Waals surface area contributed by atoms with E-state index in [1.54, 1.807) is 21.9 Å². The molecule has 0 radical (unpaired) electrons. The first-order valence-corrected chi connectivity index (χ1v) is 24.2. The van der Waals surface area contributed by atoms with Crippen molar-refractivity contribution in [2.24, 2.45) is 0 Å². The molecule has 12 rings (SSSR count). The van der Waals surface area contributed by atoms with Crippen LogP contribution in [-0.2, 0) is 13.1 Å². The summed E-state index contributed by atoms with van der Waals surface area (Å²) in [4.78, 5) is 37.9. The van der Waals surface area contributed by atoms with E-state index in [0.29, 0.717) is 28.9 Å². The van der Waals surface area contributed by atoms with Crippen LogP contribution in [0.25, 0.3) is 55.0 Å². The van der Waals surface area contributed by atoms with Gasteiger partial charge in [0, 0.05) is 71.8 Å². The Hall–Kier alpha value is -7.17. The van der Waals surface area contributed by atoms with Gasteiger partial charge in [-0.1, -0.05) is 121 Å². The number of carboxylic acids is 1. The van der Waals surface area contributed by atoms with E-state index >= 15 is 0 Å². The van der Waals surface area contributed by atoms with E-state index in [1.807, 2.05) is 145 Å². The molecule has 10 aromatic rings. The van der Waals surface area contributed by atoms with Gasteiger partial charge in [0.2, 0.25) is 0 Å². The zero-order valence-electron chi connectivity index (χ0n) is 37.0. The summed E-state index contributed by atoms with van der Waals surface area (Å²) in [6, 6.07) is 44.7. The van der Waals surface area contributed by atoms with Gasteiger partial charge in [0.05, 0.1) is 30.5 Å². The number of halogens is 1. The number of aromatic nitrogens is 8. The highest BCUT2D eigenvalue weighted by atomic mass is 35.5. The number of amides is 1. The Morgan fingerprint density at radius 2 is 1.09 bits per heavy atom. The Kier molecular flexibility index (Phi) is 14.3. The number of nitrogens with one attached hydrogen (secondary N) is 1. The number of likely N-dealkylation sites (tertiary alicyclic amines) is 1. The maximum atomic E-state index is 13.9. The van der Waals surface area contributed by atoms with E-state index < -0.39 is 5.97 Å². The Bertz CT molecular complexity index is 3220. The Balaban J connectivity index is 0.000000151. The quantitative estimate of drug-likeness (QED) is 0.138. The van der Waals surface area contributed by atoms with Crippen molar-refractivity contribution in [1.29, 1.82) is 0 Å². The molecule has 346 valence electrons. The van der Waals surface area contributed by atoms with Crippen molar-refractivity contribution in [3.8, 4) is 45.0 Å². The number of aromatic carboxylic acids is 1. The van der Waals surface area contributed by atoms with E-state index in [-0.39, 0.29) is 31.5 Å². The molecule has 2 aliphatic heterocycles. The lowest BCUT2D eigenvalue weighted by Gasteiger charge is -2.25. The molecule has 2 fully saturated rings. The van der Waals surface area contributed by atoms with Gasteiger partial charge in [-0.25, -0.2) is 14.8 Å². The Morgan fingerprint density at radius 1 is 0.603 bits per heavy atom. The predicted molar refractivity (Wildman–Crippen MR) is 274 cm³/mol. The van der Waals surface area contributed by atoms with Gasteiger partial charge >= 0.3 is 5.97 Å². The zero-order valence-corrected chi connectivity index (χ0v) is 39.4. The number of carboxylic acid groups (broad SMARTS) is 1. The summed E-state index contributed by atoms with van der Waals surface area (Å²) in [5.41, 5.74) is 8.22. The molecule has 2 saturated heterocycles. The highest BCUT2D eigenvalue weighted by Crippen LogP contribution is 2.31. The molecule has 13 nitrogen and oxygen atoms in total. The van der Waals surface area contributed by atoms with Crippen LogP contribution in [0.4, 0.5) is 0 Å². The first kappa shape index (κ1) is 46.0. The fourth-order valence-corrected chi connectivity index (χ4v) is 10.2. The van der Waals surface area contributed by atoms with Gasteiger partial charge in [0.1, 0.15) is 17.1 Å². The minimum Gasteiger partial charge on any atom is -0.476 e. The molecule has 0 spiro atoms. The van der Waals surface area contributed by atoms with Gasteiger partial charge in [-0.2, -0.15) is 10.2 Å². The monoisotopic (exact) mass is 963 g/mol. The van der Waals surface area contributed by atoms with Crippen LogP contribution in [0, 0.1) is 0 Å². The number of benzene rings is 4. The lowest BCUT2D eigenvalue weighted by molar-refractivity contribution is 0.0687. The number of hydrogen-bond donors (Lipinski definition) is 2. The van der Waals surface area contributed by atoms with Crippen molar-refractivity contribution in [1.82, 2.24) is 48.5 Å². The minimum absolute atomic E-state index is 0.